The highest BCUT2D eigenvalue weighted by Crippen LogP contribution is 2.36. The monoisotopic (exact) mass is 364 g/mol. The van der Waals surface area contributed by atoms with E-state index in [1.165, 1.54) is 0 Å². The molecule has 138 valence electrons. The lowest BCUT2D eigenvalue weighted by molar-refractivity contribution is -0.141. The summed E-state index contributed by atoms with van der Waals surface area (Å²) >= 11 is 0. The second-order valence-corrected chi connectivity index (χ2v) is 6.77. The summed E-state index contributed by atoms with van der Waals surface area (Å²) in [6.45, 7) is 4.08. The van der Waals surface area contributed by atoms with Crippen LogP contribution in [0.3, 0.4) is 0 Å². The Morgan fingerprint density at radius 1 is 1.08 bits per heavy atom. The van der Waals surface area contributed by atoms with E-state index < -0.39 is 11.9 Å². The van der Waals surface area contributed by atoms with Crippen molar-refractivity contribution in [3.8, 4) is 0 Å². The predicted molar refractivity (Wildman–Crippen MR) is 89.9 cm³/mol. The number of rotatable bonds is 2. The Morgan fingerprint density at radius 2 is 1.88 bits per heavy atom. The van der Waals surface area contributed by atoms with Crippen molar-refractivity contribution >= 4 is 11.6 Å². The molecule has 0 bridgehead atoms. The maximum Gasteiger partial charge on any atom is 0.433 e. The first-order valence-corrected chi connectivity index (χ1v) is 8.62. The average Bonchev–Trinajstić information content (AvgIpc) is 3.04. The van der Waals surface area contributed by atoms with Crippen LogP contribution in [0.2, 0.25) is 0 Å². The summed E-state index contributed by atoms with van der Waals surface area (Å²) in [6, 6.07) is 3.14. The van der Waals surface area contributed by atoms with E-state index in [4.69, 9.17) is 0 Å². The average molecular weight is 364 g/mol. The van der Waals surface area contributed by atoms with Crippen LogP contribution in [0.25, 0.3) is 0 Å². The summed E-state index contributed by atoms with van der Waals surface area (Å²) in [7, 11) is 0. The molecule has 0 amide bonds. The van der Waals surface area contributed by atoms with Gasteiger partial charge in [0.2, 0.25) is 0 Å². The summed E-state index contributed by atoms with van der Waals surface area (Å²) in [6.07, 6.45) is 0.264. The normalized spacial score (nSPS) is 23.2. The van der Waals surface area contributed by atoms with E-state index in [9.17, 15) is 13.2 Å². The molecule has 0 aliphatic carbocycles. The van der Waals surface area contributed by atoms with Crippen LogP contribution >= 0.6 is 0 Å². The number of nitrogens with zero attached hydrogens (tertiary/aromatic N) is 6. The number of hydrogen-bond donors (Lipinski definition) is 0. The largest absolute Gasteiger partial charge is 0.433 e. The van der Waals surface area contributed by atoms with Crippen molar-refractivity contribution < 1.29 is 13.2 Å². The Morgan fingerprint density at radius 3 is 2.65 bits per heavy atom. The molecule has 2 atom stereocenters. The number of halogens is 3. The lowest BCUT2D eigenvalue weighted by atomic mass is 9.92. The Labute approximate surface area is 149 Å². The van der Waals surface area contributed by atoms with Gasteiger partial charge in [0.1, 0.15) is 29.5 Å². The molecular weight excluding hydrogens is 345 g/mol. The van der Waals surface area contributed by atoms with Gasteiger partial charge in [-0.3, -0.25) is 0 Å². The van der Waals surface area contributed by atoms with Crippen LogP contribution in [0.5, 0.6) is 0 Å². The van der Waals surface area contributed by atoms with Crippen molar-refractivity contribution in [2.24, 2.45) is 5.92 Å². The topological polar surface area (TPSA) is 58.0 Å². The van der Waals surface area contributed by atoms with Crippen molar-refractivity contribution in [3.05, 3.63) is 36.2 Å². The van der Waals surface area contributed by atoms with Crippen molar-refractivity contribution in [2.45, 2.75) is 32.0 Å². The Kier molecular flexibility index (Phi) is 4.16. The zero-order chi connectivity index (χ0) is 18.3. The van der Waals surface area contributed by atoms with E-state index >= 15 is 0 Å². The predicted octanol–water partition coefficient (Wildman–Crippen LogP) is 2.70. The molecule has 9 heteroatoms. The van der Waals surface area contributed by atoms with Gasteiger partial charge in [-0.15, -0.1) is 0 Å². The van der Waals surface area contributed by atoms with Crippen LogP contribution in [0.4, 0.5) is 24.8 Å². The van der Waals surface area contributed by atoms with Gasteiger partial charge in [0.25, 0.3) is 0 Å². The van der Waals surface area contributed by atoms with Crippen LogP contribution < -0.4 is 9.80 Å². The summed E-state index contributed by atoms with van der Waals surface area (Å²) in [4.78, 5) is 20.2. The van der Waals surface area contributed by atoms with Crippen molar-refractivity contribution in [3.63, 3.8) is 0 Å². The Hall–Kier alpha value is -2.45. The molecular formula is C17H19F3N6. The SMILES string of the molecule is Cc1nccc(N2CCC3CCN(c4cc(C(F)(F)F)ncn4)CC32)n1. The van der Waals surface area contributed by atoms with Gasteiger partial charge in [0, 0.05) is 31.9 Å². The molecule has 26 heavy (non-hydrogen) atoms. The van der Waals surface area contributed by atoms with E-state index in [1.807, 2.05) is 17.9 Å². The van der Waals surface area contributed by atoms with Crippen LogP contribution in [0.1, 0.15) is 24.4 Å². The summed E-state index contributed by atoms with van der Waals surface area (Å²) in [5.74, 6) is 2.44. The fraction of sp³-hybridized carbons (Fsp3) is 0.529. The van der Waals surface area contributed by atoms with Crippen LogP contribution in [-0.2, 0) is 6.18 Å². The quantitative estimate of drug-likeness (QED) is 0.817. The molecule has 6 nitrogen and oxygen atoms in total. The molecule has 0 radical (unpaired) electrons. The molecule has 2 aromatic rings. The van der Waals surface area contributed by atoms with Gasteiger partial charge in [-0.05, 0) is 31.7 Å². The lowest BCUT2D eigenvalue weighted by Gasteiger charge is -2.39. The van der Waals surface area contributed by atoms with E-state index in [1.54, 1.807) is 6.20 Å². The molecule has 2 unspecified atom stereocenters. The minimum absolute atomic E-state index is 0.211. The summed E-state index contributed by atoms with van der Waals surface area (Å²) in [5.41, 5.74) is -0.903. The number of hydrogen-bond acceptors (Lipinski definition) is 6. The molecule has 2 saturated heterocycles. The molecule has 4 rings (SSSR count). The molecule has 2 aliphatic heterocycles. The van der Waals surface area contributed by atoms with Gasteiger partial charge in [-0.25, -0.2) is 19.9 Å². The molecule has 0 saturated carbocycles. The van der Waals surface area contributed by atoms with Crippen molar-refractivity contribution in [2.75, 3.05) is 29.4 Å². The maximum atomic E-state index is 12.9. The summed E-state index contributed by atoms with van der Waals surface area (Å²) in [5, 5.41) is 0. The smallest absolute Gasteiger partial charge is 0.354 e. The zero-order valence-corrected chi connectivity index (χ0v) is 14.3. The Balaban J connectivity index is 1.57. The first-order chi connectivity index (χ1) is 12.4. The van der Waals surface area contributed by atoms with Gasteiger partial charge >= 0.3 is 6.18 Å². The van der Waals surface area contributed by atoms with Gasteiger partial charge in [-0.1, -0.05) is 0 Å². The van der Waals surface area contributed by atoms with Gasteiger partial charge in [0.05, 0.1) is 6.04 Å². The molecule has 2 aromatic heterocycles. The minimum atomic E-state index is -4.46. The molecule has 2 aliphatic rings. The maximum absolute atomic E-state index is 12.9. The van der Waals surface area contributed by atoms with E-state index in [0.29, 0.717) is 30.6 Å². The Bertz CT molecular complexity index is 796. The molecule has 0 spiro atoms. The highest BCUT2D eigenvalue weighted by molar-refractivity contribution is 5.46. The van der Waals surface area contributed by atoms with Crippen molar-refractivity contribution in [1.82, 2.24) is 19.9 Å². The number of fused-ring (bicyclic) bond motifs is 1. The molecule has 0 N–H and O–H groups in total. The van der Waals surface area contributed by atoms with Gasteiger partial charge in [-0.2, -0.15) is 13.2 Å². The fourth-order valence-corrected chi connectivity index (χ4v) is 3.91. The van der Waals surface area contributed by atoms with Crippen LogP contribution in [0, 0.1) is 12.8 Å². The van der Waals surface area contributed by atoms with Gasteiger partial charge in [0.15, 0.2) is 0 Å². The first-order valence-electron chi connectivity index (χ1n) is 8.62. The lowest BCUT2D eigenvalue weighted by Crippen LogP contribution is -2.49. The molecule has 4 heterocycles. The number of alkyl halides is 3. The zero-order valence-electron chi connectivity index (χ0n) is 14.3. The second kappa shape index (κ2) is 6.37. The molecule has 2 fully saturated rings. The van der Waals surface area contributed by atoms with Crippen LogP contribution in [-0.4, -0.2) is 45.6 Å². The van der Waals surface area contributed by atoms with E-state index in [2.05, 4.69) is 24.8 Å². The number of anilines is 2. The van der Waals surface area contributed by atoms with E-state index in [0.717, 1.165) is 37.6 Å². The molecule has 0 aromatic carbocycles. The first kappa shape index (κ1) is 17.0. The third kappa shape index (κ3) is 3.17. The van der Waals surface area contributed by atoms with Crippen LogP contribution in [0.15, 0.2) is 24.7 Å². The minimum Gasteiger partial charge on any atom is -0.354 e. The van der Waals surface area contributed by atoms with E-state index in [-0.39, 0.29) is 6.04 Å². The highest BCUT2D eigenvalue weighted by atomic mass is 19.4. The number of aromatic nitrogens is 4. The number of piperidine rings is 1. The van der Waals surface area contributed by atoms with Crippen molar-refractivity contribution in [1.29, 1.82) is 0 Å². The third-order valence-electron chi connectivity index (χ3n) is 5.19. The fourth-order valence-electron chi connectivity index (χ4n) is 3.91. The summed E-state index contributed by atoms with van der Waals surface area (Å²) < 4.78 is 38.8. The number of aryl methyl sites for hydroxylation is 1. The second-order valence-electron chi connectivity index (χ2n) is 6.77. The standard InChI is InChI=1S/C17H19F3N6/c1-11-21-5-2-15(24-11)26-7-4-12-3-6-25(9-13(12)26)16-8-14(17(18,19)20)22-10-23-16/h2,5,8,10,12-13H,3-4,6-7,9H2,1H3. The van der Waals surface area contributed by atoms with Gasteiger partial charge < -0.3 is 9.80 Å². The highest BCUT2D eigenvalue weighted by Gasteiger charge is 2.40. The third-order valence-corrected chi connectivity index (χ3v) is 5.19.